The van der Waals surface area contributed by atoms with E-state index < -0.39 is 14.8 Å². The van der Waals surface area contributed by atoms with Crippen molar-refractivity contribution < 1.29 is 8.42 Å². The van der Waals surface area contributed by atoms with Gasteiger partial charge < -0.3 is 0 Å². The van der Waals surface area contributed by atoms with Gasteiger partial charge in [0.2, 0.25) is 10.0 Å². The highest BCUT2D eigenvalue weighted by Gasteiger charge is 2.34. The van der Waals surface area contributed by atoms with Crippen LogP contribution in [0.4, 0.5) is 5.69 Å². The summed E-state index contributed by atoms with van der Waals surface area (Å²) in [7, 11) is -2.01. The van der Waals surface area contributed by atoms with E-state index in [1.807, 2.05) is 6.07 Å². The normalized spacial score (nSPS) is 11.9. The predicted molar refractivity (Wildman–Crippen MR) is 68.2 cm³/mol. The maximum absolute atomic E-state index is 12.2. The van der Waals surface area contributed by atoms with E-state index in [1.165, 1.54) is 11.4 Å². The fraction of sp³-hybridized carbons (Fsp3) is 0.417. The van der Waals surface area contributed by atoms with Crippen LogP contribution in [0.15, 0.2) is 24.3 Å². The molecule has 5 heteroatoms. The summed E-state index contributed by atoms with van der Waals surface area (Å²) >= 11 is 0. The van der Waals surface area contributed by atoms with Gasteiger partial charge in [-0.3, -0.25) is 4.31 Å². The molecule has 0 heterocycles. The lowest BCUT2D eigenvalue weighted by Gasteiger charge is -2.28. The Bertz CT molecular complexity index is 551. The lowest BCUT2D eigenvalue weighted by Crippen LogP contribution is -2.41. The van der Waals surface area contributed by atoms with Crippen molar-refractivity contribution >= 4 is 15.7 Å². The van der Waals surface area contributed by atoms with E-state index in [4.69, 9.17) is 5.26 Å². The number of hydrogen-bond donors (Lipinski definition) is 0. The largest absolute Gasteiger partial charge is 0.272 e. The van der Waals surface area contributed by atoms with E-state index in [0.717, 1.165) is 0 Å². The molecular formula is C12H16N2O2S. The van der Waals surface area contributed by atoms with Gasteiger partial charge in [-0.2, -0.15) is 5.26 Å². The summed E-state index contributed by atoms with van der Waals surface area (Å²) < 4.78 is 24.7. The van der Waals surface area contributed by atoms with Gasteiger partial charge in [-0.15, -0.1) is 0 Å². The van der Waals surface area contributed by atoms with Crippen LogP contribution in [-0.2, 0) is 10.0 Å². The van der Waals surface area contributed by atoms with Crippen LogP contribution in [-0.4, -0.2) is 20.2 Å². The first-order valence-electron chi connectivity index (χ1n) is 5.19. The van der Waals surface area contributed by atoms with Gasteiger partial charge >= 0.3 is 0 Å². The SMILES string of the molecule is CN(c1ccccc1C#N)S(=O)(=O)C(C)(C)C. The van der Waals surface area contributed by atoms with Crippen LogP contribution in [0, 0.1) is 11.3 Å². The lowest BCUT2D eigenvalue weighted by molar-refractivity contribution is 0.558. The number of nitriles is 1. The minimum atomic E-state index is -3.48. The van der Waals surface area contributed by atoms with Gasteiger partial charge in [0.05, 0.1) is 16.0 Å². The topological polar surface area (TPSA) is 61.2 Å². The number of anilines is 1. The molecule has 1 aromatic carbocycles. The van der Waals surface area contributed by atoms with Crippen molar-refractivity contribution in [2.45, 2.75) is 25.5 Å². The van der Waals surface area contributed by atoms with Crippen LogP contribution in [0.1, 0.15) is 26.3 Å². The third-order valence-electron chi connectivity index (χ3n) is 2.50. The van der Waals surface area contributed by atoms with Crippen molar-refractivity contribution in [1.29, 1.82) is 5.26 Å². The van der Waals surface area contributed by atoms with Crippen LogP contribution in [0.25, 0.3) is 0 Å². The number of benzene rings is 1. The predicted octanol–water partition coefficient (Wildman–Crippen LogP) is 2.12. The molecule has 0 N–H and O–H groups in total. The van der Waals surface area contributed by atoms with Crippen LogP contribution in [0.3, 0.4) is 0 Å². The van der Waals surface area contributed by atoms with E-state index in [0.29, 0.717) is 11.3 Å². The van der Waals surface area contributed by atoms with E-state index >= 15 is 0 Å². The van der Waals surface area contributed by atoms with Gasteiger partial charge in [0, 0.05) is 7.05 Å². The molecule has 0 aromatic heterocycles. The molecule has 0 aliphatic carbocycles. The molecular weight excluding hydrogens is 236 g/mol. The summed E-state index contributed by atoms with van der Waals surface area (Å²) in [5.41, 5.74) is 0.757. The maximum atomic E-state index is 12.2. The summed E-state index contributed by atoms with van der Waals surface area (Å²) in [4.78, 5) is 0. The zero-order chi connectivity index (χ0) is 13.3. The van der Waals surface area contributed by atoms with E-state index in [1.54, 1.807) is 45.0 Å². The Hall–Kier alpha value is -1.54. The van der Waals surface area contributed by atoms with Gasteiger partial charge in [-0.25, -0.2) is 8.42 Å². The Morgan fingerprint density at radius 2 is 1.76 bits per heavy atom. The summed E-state index contributed by atoms with van der Waals surface area (Å²) in [6.45, 7) is 4.90. The summed E-state index contributed by atoms with van der Waals surface area (Å²) in [6.07, 6.45) is 0. The van der Waals surface area contributed by atoms with Crippen molar-refractivity contribution in [3.05, 3.63) is 29.8 Å². The van der Waals surface area contributed by atoms with Crippen molar-refractivity contribution in [1.82, 2.24) is 0 Å². The number of rotatable bonds is 2. The second kappa shape index (κ2) is 4.38. The molecule has 0 bridgehead atoms. The standard InChI is InChI=1S/C12H16N2O2S/c1-12(2,3)17(15,16)14(4)11-8-6-5-7-10(11)9-13/h5-8H,1-4H3. The Kier molecular flexibility index (Phi) is 3.48. The second-order valence-corrected chi connectivity index (χ2v) is 7.44. The minimum absolute atomic E-state index is 0.350. The molecule has 17 heavy (non-hydrogen) atoms. The number of nitrogens with zero attached hydrogens (tertiary/aromatic N) is 2. The molecule has 0 atom stereocenters. The zero-order valence-corrected chi connectivity index (χ0v) is 11.2. The summed E-state index contributed by atoms with van der Waals surface area (Å²) in [5.74, 6) is 0. The highest BCUT2D eigenvalue weighted by atomic mass is 32.2. The van der Waals surface area contributed by atoms with Crippen molar-refractivity contribution in [3.8, 4) is 6.07 Å². The molecule has 0 aliphatic rings. The highest BCUT2D eigenvalue weighted by Crippen LogP contribution is 2.27. The first-order chi connectivity index (χ1) is 7.71. The molecule has 1 rings (SSSR count). The average Bonchev–Trinajstić information content (AvgIpc) is 2.26. The van der Waals surface area contributed by atoms with Crippen molar-refractivity contribution in [2.24, 2.45) is 0 Å². The maximum Gasteiger partial charge on any atom is 0.239 e. The molecule has 0 saturated heterocycles. The molecule has 0 aliphatic heterocycles. The van der Waals surface area contributed by atoms with Crippen LogP contribution < -0.4 is 4.31 Å². The molecule has 1 aromatic rings. The quantitative estimate of drug-likeness (QED) is 0.810. The van der Waals surface area contributed by atoms with Gasteiger partial charge in [0.1, 0.15) is 6.07 Å². The smallest absolute Gasteiger partial charge is 0.239 e. The molecule has 0 spiro atoms. The lowest BCUT2D eigenvalue weighted by atomic mass is 10.2. The Labute approximate surface area is 103 Å². The molecule has 0 fully saturated rings. The Morgan fingerprint density at radius 3 is 2.24 bits per heavy atom. The number of hydrogen-bond acceptors (Lipinski definition) is 3. The highest BCUT2D eigenvalue weighted by molar-refractivity contribution is 7.94. The average molecular weight is 252 g/mol. The van der Waals surface area contributed by atoms with Gasteiger partial charge in [0.15, 0.2) is 0 Å². The summed E-state index contributed by atoms with van der Waals surface area (Å²) in [6, 6.07) is 8.64. The molecule has 0 radical (unpaired) electrons. The molecule has 0 unspecified atom stereocenters. The first-order valence-corrected chi connectivity index (χ1v) is 6.63. The zero-order valence-electron chi connectivity index (χ0n) is 10.4. The van der Waals surface area contributed by atoms with Crippen LogP contribution >= 0.6 is 0 Å². The van der Waals surface area contributed by atoms with E-state index in [2.05, 4.69) is 0 Å². The monoisotopic (exact) mass is 252 g/mol. The van der Waals surface area contributed by atoms with Crippen molar-refractivity contribution in [3.63, 3.8) is 0 Å². The summed E-state index contributed by atoms with van der Waals surface area (Å²) in [5, 5.41) is 8.96. The Morgan fingerprint density at radius 1 is 1.24 bits per heavy atom. The van der Waals surface area contributed by atoms with E-state index in [9.17, 15) is 8.42 Å². The third-order valence-corrected chi connectivity index (χ3v) is 4.96. The fourth-order valence-electron chi connectivity index (χ4n) is 1.38. The number of sulfonamides is 1. The van der Waals surface area contributed by atoms with Crippen LogP contribution in [0.2, 0.25) is 0 Å². The van der Waals surface area contributed by atoms with Gasteiger partial charge in [-0.1, -0.05) is 12.1 Å². The second-order valence-electron chi connectivity index (χ2n) is 4.71. The minimum Gasteiger partial charge on any atom is -0.272 e. The third kappa shape index (κ3) is 2.42. The van der Waals surface area contributed by atoms with Gasteiger partial charge in [0.25, 0.3) is 0 Å². The van der Waals surface area contributed by atoms with E-state index in [-0.39, 0.29) is 0 Å². The van der Waals surface area contributed by atoms with Gasteiger partial charge in [-0.05, 0) is 32.9 Å². The van der Waals surface area contributed by atoms with Crippen LogP contribution in [0.5, 0.6) is 0 Å². The first kappa shape index (κ1) is 13.5. The molecule has 4 nitrogen and oxygen atoms in total. The Balaban J connectivity index is 3.33. The van der Waals surface area contributed by atoms with Crippen molar-refractivity contribution in [2.75, 3.05) is 11.4 Å². The molecule has 0 amide bonds. The fourth-order valence-corrected chi connectivity index (χ4v) is 2.62. The molecule has 92 valence electrons. The number of para-hydroxylation sites is 1. The molecule has 0 saturated carbocycles.